The maximum absolute atomic E-state index is 13.3. The van der Waals surface area contributed by atoms with Crippen LogP contribution in [0.5, 0.6) is 0 Å². The van der Waals surface area contributed by atoms with Gasteiger partial charge in [0.15, 0.2) is 0 Å². The van der Waals surface area contributed by atoms with Gasteiger partial charge in [-0.15, -0.1) is 0 Å². The van der Waals surface area contributed by atoms with Gasteiger partial charge in [0, 0.05) is 23.0 Å². The van der Waals surface area contributed by atoms with E-state index in [0.717, 1.165) is 16.7 Å². The quantitative estimate of drug-likeness (QED) is 0.904. The van der Waals surface area contributed by atoms with Gasteiger partial charge in [0.1, 0.15) is 5.82 Å². The van der Waals surface area contributed by atoms with Crippen LogP contribution < -0.4 is 0 Å². The smallest absolute Gasteiger partial charge is 0.123 e. The van der Waals surface area contributed by atoms with Crippen molar-refractivity contribution in [2.24, 2.45) is 0 Å². The molecule has 2 unspecified atom stereocenters. The number of rotatable bonds is 3. The topological polar surface area (TPSA) is 23.5 Å². The molecule has 22 heavy (non-hydrogen) atoms. The molecule has 3 rings (SSSR count). The molecule has 5 heteroatoms. The summed E-state index contributed by atoms with van der Waals surface area (Å²) in [5.41, 5.74) is 2.75. The lowest BCUT2D eigenvalue weighted by Gasteiger charge is -2.28. The van der Waals surface area contributed by atoms with E-state index in [-0.39, 0.29) is 11.9 Å². The van der Waals surface area contributed by atoms with E-state index in [9.17, 15) is 9.50 Å². The third kappa shape index (κ3) is 2.99. The van der Waals surface area contributed by atoms with Crippen molar-refractivity contribution in [2.75, 3.05) is 7.05 Å². The molecule has 1 N–H and O–H groups in total. The summed E-state index contributed by atoms with van der Waals surface area (Å²) in [5, 5.41) is 11.6. The number of nitrogens with zero attached hydrogens (tertiary/aromatic N) is 1. The molecule has 116 valence electrons. The molecule has 0 saturated heterocycles. The number of hydrogen-bond acceptors (Lipinski definition) is 2. The molecule has 2 nitrogen and oxygen atoms in total. The average Bonchev–Trinajstić information content (AvgIpc) is 2.75. The number of aliphatic hydroxyl groups is 1. The molecule has 0 saturated carbocycles. The molecule has 0 aromatic heterocycles. The summed E-state index contributed by atoms with van der Waals surface area (Å²) >= 11 is 12.3. The van der Waals surface area contributed by atoms with Crippen molar-refractivity contribution in [3.8, 4) is 0 Å². The maximum Gasteiger partial charge on any atom is 0.123 e. The molecule has 1 aliphatic carbocycles. The molecular weight excluding hydrogens is 324 g/mol. The van der Waals surface area contributed by atoms with Crippen molar-refractivity contribution in [3.05, 3.63) is 69.0 Å². The summed E-state index contributed by atoms with van der Waals surface area (Å²) in [6.07, 6.45) is -0.0479. The van der Waals surface area contributed by atoms with E-state index in [1.165, 1.54) is 12.1 Å². The molecule has 2 atom stereocenters. The van der Waals surface area contributed by atoms with Crippen LogP contribution in [0, 0.1) is 5.82 Å². The lowest BCUT2D eigenvalue weighted by molar-refractivity contribution is 0.0724. The first-order valence-electron chi connectivity index (χ1n) is 7.06. The van der Waals surface area contributed by atoms with Gasteiger partial charge >= 0.3 is 0 Å². The number of aliphatic hydroxyl groups excluding tert-OH is 1. The van der Waals surface area contributed by atoms with Crippen molar-refractivity contribution in [1.82, 2.24) is 4.90 Å². The molecule has 2 aromatic rings. The van der Waals surface area contributed by atoms with E-state index in [4.69, 9.17) is 23.2 Å². The Balaban J connectivity index is 1.89. The Morgan fingerprint density at radius 2 is 2.05 bits per heavy atom. The monoisotopic (exact) mass is 339 g/mol. The van der Waals surface area contributed by atoms with Crippen LogP contribution in [0.3, 0.4) is 0 Å². The summed E-state index contributed by atoms with van der Waals surface area (Å²) in [6.45, 7) is 0.531. The van der Waals surface area contributed by atoms with Crippen molar-refractivity contribution in [2.45, 2.75) is 25.1 Å². The van der Waals surface area contributed by atoms with Gasteiger partial charge < -0.3 is 5.11 Å². The van der Waals surface area contributed by atoms with Gasteiger partial charge in [0.2, 0.25) is 0 Å². The van der Waals surface area contributed by atoms with Crippen LogP contribution in [0.2, 0.25) is 10.0 Å². The lowest BCUT2D eigenvalue weighted by atomic mass is 10.1. The molecule has 0 aliphatic heterocycles. The van der Waals surface area contributed by atoms with Gasteiger partial charge in [0.05, 0.1) is 12.1 Å². The van der Waals surface area contributed by atoms with Gasteiger partial charge in [-0.3, -0.25) is 4.90 Å². The van der Waals surface area contributed by atoms with E-state index in [1.54, 1.807) is 12.1 Å². The second-order valence-electron chi connectivity index (χ2n) is 5.72. The van der Waals surface area contributed by atoms with Crippen LogP contribution in [0.25, 0.3) is 0 Å². The molecule has 2 aromatic carbocycles. The zero-order valence-corrected chi connectivity index (χ0v) is 13.6. The highest BCUT2D eigenvalue weighted by atomic mass is 35.5. The largest absolute Gasteiger partial charge is 0.391 e. The first-order valence-corrected chi connectivity index (χ1v) is 7.82. The van der Waals surface area contributed by atoms with Crippen molar-refractivity contribution >= 4 is 23.2 Å². The summed E-state index contributed by atoms with van der Waals surface area (Å²) in [7, 11) is 1.91. The fourth-order valence-corrected chi connectivity index (χ4v) is 3.77. The molecule has 0 bridgehead atoms. The number of hydrogen-bond donors (Lipinski definition) is 1. The zero-order valence-electron chi connectivity index (χ0n) is 12.1. The Hall–Kier alpha value is -1.13. The molecule has 1 aliphatic rings. The summed E-state index contributed by atoms with van der Waals surface area (Å²) in [5.74, 6) is -0.260. The summed E-state index contributed by atoms with van der Waals surface area (Å²) in [4.78, 5) is 2.00. The highest BCUT2D eigenvalue weighted by Crippen LogP contribution is 2.41. The van der Waals surface area contributed by atoms with Crippen LogP contribution >= 0.6 is 23.2 Å². The minimum absolute atomic E-state index is 0.200. The van der Waals surface area contributed by atoms with Crippen molar-refractivity contribution < 1.29 is 9.50 Å². The molecular formula is C17H16Cl2FNO. The van der Waals surface area contributed by atoms with Crippen LogP contribution in [-0.2, 0) is 13.0 Å². The van der Waals surface area contributed by atoms with Crippen molar-refractivity contribution in [1.29, 1.82) is 0 Å². The normalized spacial score (nSPS) is 20.5. The Kier molecular flexibility index (Phi) is 4.42. The number of benzene rings is 2. The van der Waals surface area contributed by atoms with E-state index >= 15 is 0 Å². The van der Waals surface area contributed by atoms with Gasteiger partial charge in [0.25, 0.3) is 0 Å². The molecule has 0 amide bonds. The Morgan fingerprint density at radius 1 is 1.27 bits per heavy atom. The molecule has 0 radical (unpaired) electrons. The summed E-state index contributed by atoms with van der Waals surface area (Å²) in [6, 6.07) is 9.83. The van der Waals surface area contributed by atoms with Gasteiger partial charge in [-0.25, -0.2) is 4.39 Å². The predicted octanol–water partition coefficient (Wildman–Crippen LogP) is 4.22. The molecule has 0 spiro atoms. The number of fused-ring (bicyclic) bond motifs is 1. The zero-order chi connectivity index (χ0) is 15.9. The standard InChI is InChI=1S/C17H16Cl2FNO/c1-21(9-10-3-2-4-12(20)5-10)17-14-6-11(18)7-15(19)13(14)8-16(17)22/h2-7,16-17,22H,8-9H2,1H3. The minimum Gasteiger partial charge on any atom is -0.391 e. The third-order valence-electron chi connectivity index (χ3n) is 4.09. The minimum atomic E-state index is -0.551. The molecule has 0 heterocycles. The summed E-state index contributed by atoms with van der Waals surface area (Å²) < 4.78 is 13.3. The second-order valence-corrected chi connectivity index (χ2v) is 6.56. The van der Waals surface area contributed by atoms with Crippen LogP contribution in [0.1, 0.15) is 22.7 Å². The fraction of sp³-hybridized carbons (Fsp3) is 0.294. The lowest BCUT2D eigenvalue weighted by Crippen LogP contribution is -2.30. The van der Waals surface area contributed by atoms with E-state index < -0.39 is 6.10 Å². The van der Waals surface area contributed by atoms with Crippen LogP contribution in [-0.4, -0.2) is 23.2 Å². The highest BCUT2D eigenvalue weighted by Gasteiger charge is 2.35. The van der Waals surface area contributed by atoms with E-state index in [1.807, 2.05) is 24.1 Å². The molecule has 0 fully saturated rings. The van der Waals surface area contributed by atoms with Crippen molar-refractivity contribution in [3.63, 3.8) is 0 Å². The third-order valence-corrected chi connectivity index (χ3v) is 4.64. The Bertz CT molecular complexity index is 707. The highest BCUT2D eigenvalue weighted by molar-refractivity contribution is 6.35. The first-order chi connectivity index (χ1) is 10.5. The maximum atomic E-state index is 13.3. The SMILES string of the molecule is CN(Cc1cccc(F)c1)C1c2cc(Cl)cc(Cl)c2CC1O. The average molecular weight is 340 g/mol. The van der Waals surface area contributed by atoms with Gasteiger partial charge in [-0.05, 0) is 48.0 Å². The van der Waals surface area contributed by atoms with E-state index in [0.29, 0.717) is 23.0 Å². The van der Waals surface area contributed by atoms with E-state index in [2.05, 4.69) is 0 Å². The van der Waals surface area contributed by atoms with Crippen LogP contribution in [0.4, 0.5) is 4.39 Å². The Labute approximate surface area is 139 Å². The van der Waals surface area contributed by atoms with Gasteiger partial charge in [-0.2, -0.15) is 0 Å². The second kappa shape index (κ2) is 6.17. The fourth-order valence-electron chi connectivity index (χ4n) is 3.18. The van der Waals surface area contributed by atoms with Crippen LogP contribution in [0.15, 0.2) is 36.4 Å². The first kappa shape index (κ1) is 15.8. The Morgan fingerprint density at radius 3 is 2.77 bits per heavy atom. The predicted molar refractivity (Wildman–Crippen MR) is 86.8 cm³/mol. The van der Waals surface area contributed by atoms with Gasteiger partial charge in [-0.1, -0.05) is 35.3 Å². The number of halogens is 3. The number of likely N-dealkylation sites (N-methyl/N-ethyl adjacent to an activating group) is 1.